The Kier molecular flexibility index (Phi) is 6.46. The predicted octanol–water partition coefficient (Wildman–Crippen LogP) is 3.20. The van der Waals surface area contributed by atoms with Crippen LogP contribution in [-0.2, 0) is 6.54 Å². The van der Waals surface area contributed by atoms with Gasteiger partial charge in [0.2, 0.25) is 5.75 Å². The molecule has 1 aromatic heterocycles. The molecule has 1 amide bonds. The van der Waals surface area contributed by atoms with Crippen molar-refractivity contribution in [1.82, 2.24) is 4.57 Å². The first-order valence-corrected chi connectivity index (χ1v) is 9.56. The van der Waals surface area contributed by atoms with E-state index in [4.69, 9.17) is 14.2 Å². The lowest BCUT2D eigenvalue weighted by molar-refractivity contribution is 0.0963. The standard InChI is InChI=1S/C21H20N2O5S/c1-26-17-11-15(12-18(27-2)19(17)28-3)20(25)22-21-23(9-10-29-21)13-16(24)14-7-5-4-6-8-14/h4-12H,13H2,1-3H3. The van der Waals surface area contributed by atoms with Crippen LogP contribution in [0.1, 0.15) is 20.7 Å². The molecule has 0 unspecified atom stereocenters. The van der Waals surface area contributed by atoms with E-state index in [9.17, 15) is 9.59 Å². The van der Waals surface area contributed by atoms with Crippen LogP contribution in [-0.4, -0.2) is 37.6 Å². The van der Waals surface area contributed by atoms with Gasteiger partial charge in [-0.05, 0) is 12.1 Å². The molecule has 0 spiro atoms. The molecule has 0 saturated heterocycles. The van der Waals surface area contributed by atoms with Crippen LogP contribution in [0.3, 0.4) is 0 Å². The number of nitrogens with zero attached hydrogens (tertiary/aromatic N) is 2. The summed E-state index contributed by atoms with van der Waals surface area (Å²) in [6.07, 6.45) is 1.73. The number of aromatic nitrogens is 1. The Morgan fingerprint density at radius 2 is 1.62 bits per heavy atom. The van der Waals surface area contributed by atoms with Crippen LogP contribution < -0.4 is 19.0 Å². The summed E-state index contributed by atoms with van der Waals surface area (Å²) >= 11 is 1.27. The molecule has 2 aromatic carbocycles. The number of carbonyl (C=O) groups excluding carboxylic acids is 2. The van der Waals surface area contributed by atoms with Crippen molar-refractivity contribution in [1.29, 1.82) is 0 Å². The fraction of sp³-hybridized carbons (Fsp3) is 0.190. The van der Waals surface area contributed by atoms with Gasteiger partial charge >= 0.3 is 0 Å². The van der Waals surface area contributed by atoms with E-state index in [2.05, 4.69) is 4.99 Å². The molecule has 0 N–H and O–H groups in total. The highest BCUT2D eigenvalue weighted by Gasteiger charge is 2.17. The summed E-state index contributed by atoms with van der Waals surface area (Å²) in [7, 11) is 4.45. The molecule has 29 heavy (non-hydrogen) atoms. The first kappa shape index (κ1) is 20.3. The monoisotopic (exact) mass is 412 g/mol. The van der Waals surface area contributed by atoms with Crippen LogP contribution in [0.4, 0.5) is 0 Å². The SMILES string of the molecule is COc1cc(C(=O)N=c2sccn2CC(=O)c2ccccc2)cc(OC)c1OC. The maximum absolute atomic E-state index is 12.7. The molecule has 0 atom stereocenters. The van der Waals surface area contributed by atoms with Crippen LogP contribution in [0.2, 0.25) is 0 Å². The fourth-order valence-corrected chi connectivity index (χ4v) is 3.46. The second-order valence-electron chi connectivity index (χ2n) is 5.93. The normalized spacial score (nSPS) is 11.2. The molecule has 3 aromatic rings. The summed E-state index contributed by atoms with van der Waals surface area (Å²) < 4.78 is 17.5. The molecule has 0 aliphatic carbocycles. The van der Waals surface area contributed by atoms with Crippen molar-refractivity contribution >= 4 is 23.0 Å². The van der Waals surface area contributed by atoms with Gasteiger partial charge < -0.3 is 18.8 Å². The van der Waals surface area contributed by atoms with Crippen molar-refractivity contribution in [3.8, 4) is 17.2 Å². The summed E-state index contributed by atoms with van der Waals surface area (Å²) in [5.41, 5.74) is 0.891. The first-order chi connectivity index (χ1) is 14.1. The van der Waals surface area contributed by atoms with Gasteiger partial charge in [-0.15, -0.1) is 11.3 Å². The molecule has 0 radical (unpaired) electrons. The van der Waals surface area contributed by atoms with Gasteiger partial charge in [0.05, 0.1) is 27.9 Å². The molecule has 0 aliphatic heterocycles. The fourth-order valence-electron chi connectivity index (χ4n) is 2.73. The van der Waals surface area contributed by atoms with E-state index in [1.807, 2.05) is 18.2 Å². The van der Waals surface area contributed by atoms with Gasteiger partial charge in [0.25, 0.3) is 5.91 Å². The highest BCUT2D eigenvalue weighted by molar-refractivity contribution is 7.07. The van der Waals surface area contributed by atoms with Gasteiger partial charge in [-0.3, -0.25) is 9.59 Å². The Morgan fingerprint density at radius 3 is 2.21 bits per heavy atom. The molecule has 0 saturated carbocycles. The third-order valence-electron chi connectivity index (χ3n) is 4.18. The number of hydrogen-bond donors (Lipinski definition) is 0. The van der Waals surface area contributed by atoms with Gasteiger partial charge in [-0.1, -0.05) is 30.3 Å². The van der Waals surface area contributed by atoms with Gasteiger partial charge in [-0.2, -0.15) is 4.99 Å². The molecule has 0 fully saturated rings. The third-order valence-corrected chi connectivity index (χ3v) is 4.97. The van der Waals surface area contributed by atoms with E-state index >= 15 is 0 Å². The second-order valence-corrected chi connectivity index (χ2v) is 6.81. The number of hydrogen-bond acceptors (Lipinski definition) is 6. The van der Waals surface area contributed by atoms with Crippen LogP contribution in [0.25, 0.3) is 0 Å². The molecule has 8 heteroatoms. The zero-order chi connectivity index (χ0) is 20.8. The summed E-state index contributed by atoms with van der Waals surface area (Å²) in [4.78, 5) is 29.8. The average molecular weight is 412 g/mol. The summed E-state index contributed by atoms with van der Waals surface area (Å²) in [6.45, 7) is 0.0921. The number of thiazole rings is 1. The minimum Gasteiger partial charge on any atom is -0.493 e. The number of amides is 1. The quantitative estimate of drug-likeness (QED) is 0.557. The second kappa shape index (κ2) is 9.20. The topological polar surface area (TPSA) is 79.1 Å². The van der Waals surface area contributed by atoms with E-state index in [1.165, 1.54) is 32.7 Å². The smallest absolute Gasteiger partial charge is 0.279 e. The first-order valence-electron chi connectivity index (χ1n) is 8.68. The third kappa shape index (κ3) is 4.55. The summed E-state index contributed by atoms with van der Waals surface area (Å²) in [6, 6.07) is 12.1. The molecular weight excluding hydrogens is 392 g/mol. The molecule has 7 nitrogen and oxygen atoms in total. The van der Waals surface area contributed by atoms with Crippen molar-refractivity contribution in [2.75, 3.05) is 21.3 Å². The number of ether oxygens (including phenoxy) is 3. The molecular formula is C21H20N2O5S. The number of Topliss-reactive ketones (excluding diaryl/α,β-unsaturated/α-hetero) is 1. The number of rotatable bonds is 7. The van der Waals surface area contributed by atoms with Gasteiger partial charge in [0, 0.05) is 22.7 Å². The Hall–Kier alpha value is -3.39. The van der Waals surface area contributed by atoms with Crippen LogP contribution in [0.15, 0.2) is 59.0 Å². The van der Waals surface area contributed by atoms with Crippen molar-refractivity contribution in [3.63, 3.8) is 0 Å². The van der Waals surface area contributed by atoms with Crippen molar-refractivity contribution < 1.29 is 23.8 Å². The van der Waals surface area contributed by atoms with Crippen LogP contribution in [0.5, 0.6) is 17.2 Å². The lowest BCUT2D eigenvalue weighted by Gasteiger charge is -2.12. The lowest BCUT2D eigenvalue weighted by atomic mass is 10.1. The largest absolute Gasteiger partial charge is 0.493 e. The molecule has 0 aliphatic rings. The summed E-state index contributed by atoms with van der Waals surface area (Å²) in [5, 5.41) is 1.78. The highest BCUT2D eigenvalue weighted by Crippen LogP contribution is 2.38. The van der Waals surface area contributed by atoms with Crippen molar-refractivity contribution in [2.24, 2.45) is 4.99 Å². The minimum absolute atomic E-state index is 0.0642. The maximum Gasteiger partial charge on any atom is 0.279 e. The van der Waals surface area contributed by atoms with Crippen molar-refractivity contribution in [2.45, 2.75) is 6.54 Å². The summed E-state index contributed by atoms with van der Waals surface area (Å²) in [5.74, 6) is 0.580. The Labute approximate surface area is 171 Å². The molecule has 1 heterocycles. The van der Waals surface area contributed by atoms with E-state index in [1.54, 1.807) is 40.4 Å². The van der Waals surface area contributed by atoms with Crippen LogP contribution >= 0.6 is 11.3 Å². The molecule has 0 bridgehead atoms. The maximum atomic E-state index is 12.7. The van der Waals surface area contributed by atoms with Crippen molar-refractivity contribution in [3.05, 3.63) is 70.0 Å². The van der Waals surface area contributed by atoms with Gasteiger partial charge in [-0.25, -0.2) is 0 Å². The Balaban J connectivity index is 1.91. The highest BCUT2D eigenvalue weighted by atomic mass is 32.1. The molecule has 150 valence electrons. The van der Waals surface area contributed by atoms with E-state index in [0.717, 1.165) is 0 Å². The Bertz CT molecular complexity index is 1060. The van der Waals surface area contributed by atoms with Gasteiger partial charge in [0.1, 0.15) is 0 Å². The van der Waals surface area contributed by atoms with Crippen LogP contribution in [0, 0.1) is 0 Å². The zero-order valence-electron chi connectivity index (χ0n) is 16.2. The minimum atomic E-state index is -0.479. The number of benzene rings is 2. The number of carbonyl (C=O) groups is 2. The average Bonchev–Trinajstić information content (AvgIpc) is 3.19. The Morgan fingerprint density at radius 1 is 0.966 bits per heavy atom. The van der Waals surface area contributed by atoms with E-state index in [-0.39, 0.29) is 17.9 Å². The zero-order valence-corrected chi connectivity index (χ0v) is 17.1. The van der Waals surface area contributed by atoms with Gasteiger partial charge in [0.15, 0.2) is 22.1 Å². The van der Waals surface area contributed by atoms with E-state index < -0.39 is 5.91 Å². The lowest BCUT2D eigenvalue weighted by Crippen LogP contribution is -2.21. The predicted molar refractivity (Wildman–Crippen MR) is 109 cm³/mol. The number of ketones is 1. The molecule has 3 rings (SSSR count). The van der Waals surface area contributed by atoms with E-state index in [0.29, 0.717) is 27.6 Å². The number of methoxy groups -OCH3 is 3.